The van der Waals surface area contributed by atoms with E-state index in [-0.39, 0.29) is 11.8 Å². The van der Waals surface area contributed by atoms with E-state index in [0.29, 0.717) is 23.8 Å². The minimum atomic E-state index is -0.262. The van der Waals surface area contributed by atoms with Crippen LogP contribution in [0, 0.1) is 0 Å². The first-order valence-corrected chi connectivity index (χ1v) is 6.69. The molecule has 2 aromatic rings. The molecule has 0 fully saturated rings. The monoisotopic (exact) mass is 286 g/mol. The van der Waals surface area contributed by atoms with Gasteiger partial charge < -0.3 is 10.6 Å². The van der Waals surface area contributed by atoms with Crippen LogP contribution in [0.2, 0.25) is 0 Å². The van der Waals surface area contributed by atoms with Gasteiger partial charge in [0.2, 0.25) is 0 Å². The Hall–Kier alpha value is -2.57. The molecule has 0 unspecified atom stereocenters. The van der Waals surface area contributed by atoms with Gasteiger partial charge in [-0.05, 0) is 6.07 Å². The lowest BCUT2D eigenvalue weighted by atomic mass is 10.2. The molecule has 0 aliphatic heterocycles. The fourth-order valence-electron chi connectivity index (χ4n) is 1.71. The number of nitrogens with zero attached hydrogens (tertiary/aromatic N) is 4. The molecule has 21 heavy (non-hydrogen) atoms. The van der Waals surface area contributed by atoms with Crippen LogP contribution < -0.4 is 10.6 Å². The number of rotatable bonds is 5. The van der Waals surface area contributed by atoms with Gasteiger partial charge in [0.15, 0.2) is 5.69 Å². The van der Waals surface area contributed by atoms with Crippen molar-refractivity contribution in [1.29, 1.82) is 0 Å². The second-order valence-corrected chi connectivity index (χ2v) is 4.78. The van der Waals surface area contributed by atoms with Crippen molar-refractivity contribution in [3.05, 3.63) is 42.0 Å². The molecular weight excluding hydrogens is 268 g/mol. The van der Waals surface area contributed by atoms with Crippen LogP contribution in [0.3, 0.4) is 0 Å². The largest absolute Gasteiger partial charge is 0.385 e. The second kappa shape index (κ2) is 6.74. The number of amides is 1. The van der Waals surface area contributed by atoms with E-state index in [4.69, 9.17) is 0 Å². The van der Waals surface area contributed by atoms with Gasteiger partial charge in [-0.25, -0.2) is 19.9 Å². The molecule has 110 valence electrons. The van der Waals surface area contributed by atoms with Gasteiger partial charge in [-0.2, -0.15) is 0 Å². The van der Waals surface area contributed by atoms with Gasteiger partial charge in [0.05, 0.1) is 24.1 Å². The summed E-state index contributed by atoms with van der Waals surface area (Å²) in [5.41, 5.74) is 1.67. The highest BCUT2D eigenvalue weighted by molar-refractivity contribution is 5.97. The molecule has 7 nitrogen and oxygen atoms in total. The molecule has 0 bridgehead atoms. The molecule has 0 saturated heterocycles. The van der Waals surface area contributed by atoms with Gasteiger partial charge in [-0.3, -0.25) is 4.79 Å². The van der Waals surface area contributed by atoms with Gasteiger partial charge in [-0.1, -0.05) is 13.8 Å². The standard InChI is InChI=1S/C14H18N6O/c1-9(2)13-17-7-11(15-3)12(20-13)14(21)18-6-10-4-5-16-8-19-10/h4-5,7-9,15H,6H2,1-3H3,(H,18,21). The van der Waals surface area contributed by atoms with Crippen molar-refractivity contribution in [2.75, 3.05) is 12.4 Å². The SMILES string of the molecule is CNc1cnc(C(C)C)nc1C(=O)NCc1ccncn1. The van der Waals surface area contributed by atoms with Crippen LogP contribution >= 0.6 is 0 Å². The van der Waals surface area contributed by atoms with E-state index >= 15 is 0 Å². The van der Waals surface area contributed by atoms with E-state index in [2.05, 4.69) is 30.6 Å². The Bertz CT molecular complexity index is 614. The number of aromatic nitrogens is 4. The number of hydrogen-bond acceptors (Lipinski definition) is 6. The lowest BCUT2D eigenvalue weighted by Crippen LogP contribution is -2.26. The average Bonchev–Trinajstić information content (AvgIpc) is 2.52. The van der Waals surface area contributed by atoms with Crippen molar-refractivity contribution in [3.8, 4) is 0 Å². The van der Waals surface area contributed by atoms with E-state index in [1.54, 1.807) is 25.5 Å². The molecule has 0 radical (unpaired) electrons. The summed E-state index contributed by atoms with van der Waals surface area (Å²) < 4.78 is 0. The summed E-state index contributed by atoms with van der Waals surface area (Å²) in [6, 6.07) is 1.75. The fraction of sp³-hybridized carbons (Fsp3) is 0.357. The third-order valence-electron chi connectivity index (χ3n) is 2.88. The van der Waals surface area contributed by atoms with Gasteiger partial charge in [0.25, 0.3) is 5.91 Å². The second-order valence-electron chi connectivity index (χ2n) is 4.78. The van der Waals surface area contributed by atoms with Gasteiger partial charge in [0, 0.05) is 19.2 Å². The highest BCUT2D eigenvalue weighted by atomic mass is 16.1. The van der Waals surface area contributed by atoms with Crippen molar-refractivity contribution in [1.82, 2.24) is 25.3 Å². The maximum absolute atomic E-state index is 12.3. The Morgan fingerprint density at radius 1 is 1.33 bits per heavy atom. The van der Waals surface area contributed by atoms with Crippen LogP contribution in [-0.2, 0) is 6.54 Å². The molecule has 2 rings (SSSR count). The van der Waals surface area contributed by atoms with Crippen LogP contribution in [0.1, 0.15) is 41.8 Å². The van der Waals surface area contributed by atoms with Crippen molar-refractivity contribution >= 4 is 11.6 Å². The summed E-state index contributed by atoms with van der Waals surface area (Å²) in [7, 11) is 1.73. The average molecular weight is 286 g/mol. The maximum Gasteiger partial charge on any atom is 0.272 e. The summed E-state index contributed by atoms with van der Waals surface area (Å²) >= 11 is 0. The zero-order chi connectivity index (χ0) is 15.2. The lowest BCUT2D eigenvalue weighted by molar-refractivity contribution is 0.0946. The minimum Gasteiger partial charge on any atom is -0.385 e. The Labute approximate surface area is 123 Å². The zero-order valence-corrected chi connectivity index (χ0v) is 12.3. The topological polar surface area (TPSA) is 92.7 Å². The molecule has 2 aromatic heterocycles. The number of carbonyl (C=O) groups excluding carboxylic acids is 1. The quantitative estimate of drug-likeness (QED) is 0.862. The number of nitrogens with one attached hydrogen (secondary N) is 2. The third-order valence-corrected chi connectivity index (χ3v) is 2.88. The molecule has 0 aromatic carbocycles. The first-order valence-electron chi connectivity index (χ1n) is 6.69. The Morgan fingerprint density at radius 3 is 2.76 bits per heavy atom. The molecule has 2 N–H and O–H groups in total. The first kappa shape index (κ1) is 14.8. The van der Waals surface area contributed by atoms with Crippen molar-refractivity contribution < 1.29 is 4.79 Å². The van der Waals surface area contributed by atoms with Crippen molar-refractivity contribution in [2.24, 2.45) is 0 Å². The highest BCUT2D eigenvalue weighted by Crippen LogP contribution is 2.15. The molecule has 0 saturated carbocycles. The van der Waals surface area contributed by atoms with Gasteiger partial charge in [-0.15, -0.1) is 0 Å². The number of anilines is 1. The Morgan fingerprint density at radius 2 is 2.14 bits per heavy atom. The number of hydrogen-bond donors (Lipinski definition) is 2. The normalized spacial score (nSPS) is 10.5. The molecule has 1 amide bonds. The molecule has 0 atom stereocenters. The first-order chi connectivity index (χ1) is 10.1. The van der Waals surface area contributed by atoms with Gasteiger partial charge in [0.1, 0.15) is 12.2 Å². The van der Waals surface area contributed by atoms with E-state index < -0.39 is 0 Å². The van der Waals surface area contributed by atoms with Crippen LogP contribution in [0.5, 0.6) is 0 Å². The predicted octanol–water partition coefficient (Wildman–Crippen LogP) is 1.36. The minimum absolute atomic E-state index is 0.157. The third kappa shape index (κ3) is 3.71. The van der Waals surface area contributed by atoms with Crippen molar-refractivity contribution in [2.45, 2.75) is 26.3 Å². The lowest BCUT2D eigenvalue weighted by Gasteiger charge is -2.11. The smallest absolute Gasteiger partial charge is 0.272 e. The summed E-state index contributed by atoms with van der Waals surface area (Å²) in [5, 5.41) is 5.73. The fourth-order valence-corrected chi connectivity index (χ4v) is 1.71. The molecular formula is C14H18N6O. The van der Waals surface area contributed by atoms with Crippen molar-refractivity contribution in [3.63, 3.8) is 0 Å². The summed E-state index contributed by atoms with van der Waals surface area (Å²) in [6.07, 6.45) is 4.71. The number of carbonyl (C=O) groups is 1. The van der Waals surface area contributed by atoms with Crippen LogP contribution in [0.4, 0.5) is 5.69 Å². The Kier molecular flexibility index (Phi) is 4.76. The Balaban J connectivity index is 2.15. The van der Waals surface area contributed by atoms with E-state index in [9.17, 15) is 4.79 Å². The van der Waals surface area contributed by atoms with Crippen LogP contribution in [0.25, 0.3) is 0 Å². The van der Waals surface area contributed by atoms with E-state index in [1.807, 2.05) is 13.8 Å². The predicted molar refractivity (Wildman–Crippen MR) is 78.9 cm³/mol. The van der Waals surface area contributed by atoms with E-state index in [1.165, 1.54) is 6.33 Å². The zero-order valence-electron chi connectivity index (χ0n) is 12.3. The van der Waals surface area contributed by atoms with Crippen LogP contribution in [0.15, 0.2) is 24.8 Å². The molecule has 0 spiro atoms. The van der Waals surface area contributed by atoms with E-state index in [0.717, 1.165) is 5.69 Å². The summed E-state index contributed by atoms with van der Waals surface area (Å²) in [5.74, 6) is 0.535. The molecule has 0 aliphatic carbocycles. The highest BCUT2D eigenvalue weighted by Gasteiger charge is 2.15. The molecule has 2 heterocycles. The van der Waals surface area contributed by atoms with Gasteiger partial charge >= 0.3 is 0 Å². The molecule has 0 aliphatic rings. The summed E-state index contributed by atoms with van der Waals surface area (Å²) in [4.78, 5) is 28.8. The summed E-state index contributed by atoms with van der Waals surface area (Å²) in [6.45, 7) is 4.29. The van der Waals surface area contributed by atoms with Crippen LogP contribution in [-0.4, -0.2) is 32.9 Å². The molecule has 7 heteroatoms. The maximum atomic E-state index is 12.3.